The lowest BCUT2D eigenvalue weighted by Gasteiger charge is -2.21. The summed E-state index contributed by atoms with van der Waals surface area (Å²) in [6.07, 6.45) is 40.3. The van der Waals surface area contributed by atoms with Gasteiger partial charge in [-0.05, 0) is 70.9 Å². The molecule has 0 aromatic heterocycles. The van der Waals surface area contributed by atoms with Gasteiger partial charge in [-0.25, -0.2) is 0 Å². The minimum Gasteiger partial charge on any atom is -0.462 e. The zero-order valence-corrected chi connectivity index (χ0v) is 34.7. The maximum atomic E-state index is 12.7. The highest BCUT2D eigenvalue weighted by Gasteiger charge is 2.45. The molecule has 1 N–H and O–H groups in total. The van der Waals surface area contributed by atoms with Crippen molar-refractivity contribution in [3.8, 4) is 0 Å². The normalized spacial score (nSPS) is 15.7. The largest absolute Gasteiger partial charge is 0.462 e. The van der Waals surface area contributed by atoms with E-state index < -0.39 is 0 Å². The van der Waals surface area contributed by atoms with Crippen molar-refractivity contribution in [3.05, 3.63) is 0 Å². The highest BCUT2D eigenvalue weighted by atomic mass is 16.8. The first-order valence-corrected chi connectivity index (χ1v) is 22.9. The van der Waals surface area contributed by atoms with Crippen LogP contribution in [-0.4, -0.2) is 67.3 Å². The number of epoxide rings is 1. The van der Waals surface area contributed by atoms with E-state index in [4.69, 9.17) is 14.2 Å². The average molecular weight is 724 g/mol. The molecule has 0 amide bonds. The topological polar surface area (TPSA) is 71.5 Å². The number of unbranched alkanes of at least 4 members (excludes halogenated alkanes) is 24. The minimum absolute atomic E-state index is 0.0237. The van der Waals surface area contributed by atoms with E-state index in [-0.39, 0.29) is 24.5 Å². The Balaban J connectivity index is 2.10. The molecule has 6 heteroatoms. The summed E-state index contributed by atoms with van der Waals surface area (Å²) >= 11 is 0. The van der Waals surface area contributed by atoms with Gasteiger partial charge >= 0.3 is 5.97 Å². The summed E-state index contributed by atoms with van der Waals surface area (Å²) in [5.41, 5.74) is 0. The second kappa shape index (κ2) is 36.3. The second-order valence-electron chi connectivity index (χ2n) is 16.0. The fraction of sp³-hybridized carbons (Fsp3) is 0.978. The lowest BCUT2D eigenvalue weighted by Crippen LogP contribution is -2.29. The predicted molar refractivity (Wildman–Crippen MR) is 217 cm³/mol. The number of hydrogen-bond donors (Lipinski definition) is 1. The number of carbonyl (C=O) groups excluding carboxylic acids is 1. The van der Waals surface area contributed by atoms with Crippen molar-refractivity contribution in [1.82, 2.24) is 4.90 Å². The Bertz CT molecular complexity index is 713. The Kier molecular flexibility index (Phi) is 34.4. The number of ether oxygens (including phenoxy) is 3. The lowest BCUT2D eigenvalue weighted by atomic mass is 10.0. The van der Waals surface area contributed by atoms with Crippen LogP contribution in [0.15, 0.2) is 0 Å². The third kappa shape index (κ3) is 31.4. The van der Waals surface area contributed by atoms with E-state index in [0.29, 0.717) is 6.42 Å². The molecule has 1 heterocycles. The number of nitrogens with zero attached hydrogens (tertiary/aromatic N) is 1. The van der Waals surface area contributed by atoms with Crippen molar-refractivity contribution in [1.29, 1.82) is 0 Å². The van der Waals surface area contributed by atoms with Crippen molar-refractivity contribution < 1.29 is 24.1 Å². The highest BCUT2D eigenvalue weighted by molar-refractivity contribution is 5.69. The Morgan fingerprint density at radius 1 is 0.588 bits per heavy atom. The molecule has 51 heavy (non-hydrogen) atoms. The smallest absolute Gasteiger partial charge is 0.306 e. The standard InChI is InChI=1S/C45H89NO5/c1-4-7-10-13-16-17-18-24-32-41-49-45(42-50-45)36-29-25-31-38-46(39-40-47)37-30-23-19-22-28-35-44(48)51-43(33-26-20-14-11-8-5-2)34-27-21-15-12-9-6-3/h43,47H,4-42H2,1-3H3. The SMILES string of the molecule is CCCCCCCCCCCOC1(CCCCCN(CCO)CCCCCCCC(=O)OC(CCCCCCCC)CCCCCCCC)CO1. The molecule has 0 aliphatic carbocycles. The van der Waals surface area contributed by atoms with Crippen LogP contribution in [0.1, 0.15) is 233 Å². The Labute approximate surface area is 318 Å². The fourth-order valence-corrected chi connectivity index (χ4v) is 7.38. The van der Waals surface area contributed by atoms with E-state index >= 15 is 0 Å². The average Bonchev–Trinajstić information content (AvgIpc) is 3.90. The minimum atomic E-state index is -0.273. The van der Waals surface area contributed by atoms with E-state index in [9.17, 15) is 9.90 Å². The molecule has 0 spiro atoms. The van der Waals surface area contributed by atoms with E-state index in [1.165, 1.54) is 148 Å². The molecule has 0 aromatic carbocycles. The van der Waals surface area contributed by atoms with Crippen LogP contribution in [0.25, 0.3) is 0 Å². The van der Waals surface area contributed by atoms with Crippen molar-refractivity contribution >= 4 is 5.97 Å². The van der Waals surface area contributed by atoms with E-state index in [0.717, 1.165) is 90.6 Å². The molecule has 0 bridgehead atoms. The third-order valence-corrected chi connectivity index (χ3v) is 10.9. The molecule has 6 nitrogen and oxygen atoms in total. The van der Waals surface area contributed by atoms with Gasteiger partial charge in [0.2, 0.25) is 0 Å². The second-order valence-corrected chi connectivity index (χ2v) is 16.0. The lowest BCUT2D eigenvalue weighted by molar-refractivity contribution is -0.150. The van der Waals surface area contributed by atoms with Crippen LogP contribution in [0.4, 0.5) is 0 Å². The summed E-state index contributed by atoms with van der Waals surface area (Å²) in [5.74, 6) is -0.250. The summed E-state index contributed by atoms with van der Waals surface area (Å²) in [7, 11) is 0. The maximum Gasteiger partial charge on any atom is 0.306 e. The molecule has 1 unspecified atom stereocenters. The zero-order chi connectivity index (χ0) is 36.9. The van der Waals surface area contributed by atoms with Gasteiger partial charge in [-0.3, -0.25) is 4.79 Å². The molecule has 1 atom stereocenters. The van der Waals surface area contributed by atoms with Gasteiger partial charge in [0.15, 0.2) is 5.79 Å². The Morgan fingerprint density at radius 3 is 1.51 bits per heavy atom. The van der Waals surface area contributed by atoms with E-state index in [2.05, 4.69) is 25.7 Å². The summed E-state index contributed by atoms with van der Waals surface area (Å²) in [6.45, 7) is 11.5. The first-order chi connectivity index (χ1) is 25.1. The number of aliphatic hydroxyl groups excluding tert-OH is 1. The van der Waals surface area contributed by atoms with Crippen LogP contribution in [-0.2, 0) is 19.0 Å². The van der Waals surface area contributed by atoms with Gasteiger partial charge in [-0.1, -0.05) is 162 Å². The van der Waals surface area contributed by atoms with Crippen LogP contribution in [0.3, 0.4) is 0 Å². The molecular formula is C45H89NO5. The molecule has 1 fully saturated rings. The van der Waals surface area contributed by atoms with Gasteiger partial charge < -0.3 is 24.2 Å². The Morgan fingerprint density at radius 2 is 1.02 bits per heavy atom. The number of hydrogen-bond acceptors (Lipinski definition) is 6. The monoisotopic (exact) mass is 724 g/mol. The molecule has 0 aromatic rings. The van der Waals surface area contributed by atoms with Gasteiger partial charge in [-0.15, -0.1) is 0 Å². The molecule has 0 saturated carbocycles. The molecule has 0 radical (unpaired) electrons. The van der Waals surface area contributed by atoms with Crippen LogP contribution in [0.5, 0.6) is 0 Å². The van der Waals surface area contributed by atoms with E-state index in [1.54, 1.807) is 0 Å². The first kappa shape index (κ1) is 48.3. The maximum absolute atomic E-state index is 12.7. The van der Waals surface area contributed by atoms with Gasteiger partial charge in [0.05, 0.1) is 13.2 Å². The van der Waals surface area contributed by atoms with Crippen LogP contribution >= 0.6 is 0 Å². The zero-order valence-electron chi connectivity index (χ0n) is 34.7. The molecule has 1 aliphatic rings. The number of aliphatic hydroxyl groups is 1. The van der Waals surface area contributed by atoms with Crippen molar-refractivity contribution in [2.75, 3.05) is 39.5 Å². The Hall–Kier alpha value is -0.690. The van der Waals surface area contributed by atoms with Gasteiger partial charge in [0.25, 0.3) is 0 Å². The van der Waals surface area contributed by atoms with Gasteiger partial charge in [0, 0.05) is 19.4 Å². The fourth-order valence-electron chi connectivity index (χ4n) is 7.38. The van der Waals surface area contributed by atoms with Crippen LogP contribution in [0.2, 0.25) is 0 Å². The van der Waals surface area contributed by atoms with Crippen molar-refractivity contribution in [2.24, 2.45) is 0 Å². The quantitative estimate of drug-likeness (QED) is 0.0384. The first-order valence-electron chi connectivity index (χ1n) is 22.9. The third-order valence-electron chi connectivity index (χ3n) is 10.9. The summed E-state index contributed by atoms with van der Waals surface area (Å²) in [4.78, 5) is 15.1. The molecule has 304 valence electrons. The predicted octanol–water partition coefficient (Wildman–Crippen LogP) is 12.9. The number of carbonyl (C=O) groups is 1. The highest BCUT2D eigenvalue weighted by Crippen LogP contribution is 2.34. The van der Waals surface area contributed by atoms with E-state index in [1.807, 2.05) is 0 Å². The van der Waals surface area contributed by atoms with Crippen molar-refractivity contribution in [2.45, 2.75) is 245 Å². The summed E-state index contributed by atoms with van der Waals surface area (Å²) in [5, 5.41) is 9.60. The van der Waals surface area contributed by atoms with Crippen LogP contribution in [0, 0.1) is 0 Å². The van der Waals surface area contributed by atoms with Gasteiger partial charge in [0.1, 0.15) is 12.7 Å². The summed E-state index contributed by atoms with van der Waals surface area (Å²) in [6, 6.07) is 0. The van der Waals surface area contributed by atoms with Crippen molar-refractivity contribution in [3.63, 3.8) is 0 Å². The summed E-state index contributed by atoms with van der Waals surface area (Å²) < 4.78 is 17.9. The molecule has 1 aliphatic heterocycles. The number of rotatable bonds is 42. The molecule has 1 saturated heterocycles. The van der Waals surface area contributed by atoms with Crippen LogP contribution < -0.4 is 0 Å². The molecular weight excluding hydrogens is 634 g/mol. The van der Waals surface area contributed by atoms with Gasteiger partial charge in [-0.2, -0.15) is 0 Å². The number of esters is 1. The molecule has 1 rings (SSSR count).